The maximum Gasteiger partial charge on any atom is 0.341 e. The summed E-state index contributed by atoms with van der Waals surface area (Å²) in [6, 6.07) is 15.1. The maximum absolute atomic E-state index is 13.1. The first-order chi connectivity index (χ1) is 17.4. The molecule has 2 amide bonds. The van der Waals surface area contributed by atoms with Gasteiger partial charge in [-0.05, 0) is 60.0 Å². The fraction of sp³-hybridized carbons (Fsp3) is 0.115. The van der Waals surface area contributed by atoms with Gasteiger partial charge in [-0.2, -0.15) is 0 Å². The van der Waals surface area contributed by atoms with Gasteiger partial charge in [-0.15, -0.1) is 0 Å². The summed E-state index contributed by atoms with van der Waals surface area (Å²) in [5.41, 5.74) is 1.54. The molecule has 0 spiro atoms. The van der Waals surface area contributed by atoms with Crippen molar-refractivity contribution in [2.75, 3.05) is 11.5 Å². The molecule has 2 aromatic heterocycles. The number of esters is 1. The fourth-order valence-electron chi connectivity index (χ4n) is 3.85. The van der Waals surface area contributed by atoms with Gasteiger partial charge in [0.25, 0.3) is 0 Å². The number of hydrogen-bond donors (Lipinski definition) is 1. The summed E-state index contributed by atoms with van der Waals surface area (Å²) in [6.45, 7) is -0.542. The van der Waals surface area contributed by atoms with E-state index in [2.05, 4.69) is 9.97 Å². The predicted molar refractivity (Wildman–Crippen MR) is 130 cm³/mol. The molecule has 0 aliphatic carbocycles. The Labute approximate surface area is 208 Å². The molecule has 180 valence electrons. The molecule has 0 radical (unpaired) electrons. The van der Waals surface area contributed by atoms with Gasteiger partial charge >= 0.3 is 5.97 Å². The summed E-state index contributed by atoms with van der Waals surface area (Å²) in [6.07, 6.45) is 3.18. The molecule has 4 aromatic rings. The third-order valence-electron chi connectivity index (χ3n) is 5.65. The number of ketones is 1. The van der Waals surface area contributed by atoms with Crippen molar-refractivity contribution in [3.05, 3.63) is 90.0 Å². The molecule has 1 N–H and O–H groups in total. The highest BCUT2D eigenvalue weighted by atomic mass is 32.2. The van der Waals surface area contributed by atoms with E-state index in [1.807, 2.05) is 12.1 Å². The van der Waals surface area contributed by atoms with E-state index >= 15 is 0 Å². The Balaban J connectivity index is 1.29. The zero-order chi connectivity index (χ0) is 25.2. The van der Waals surface area contributed by atoms with Crippen LogP contribution in [0, 0.1) is 5.82 Å². The molecule has 1 aliphatic rings. The average molecular weight is 504 g/mol. The van der Waals surface area contributed by atoms with E-state index in [-0.39, 0.29) is 28.5 Å². The van der Waals surface area contributed by atoms with Crippen LogP contribution < -0.4 is 4.90 Å². The summed E-state index contributed by atoms with van der Waals surface area (Å²) in [4.78, 5) is 59.2. The highest BCUT2D eigenvalue weighted by Crippen LogP contribution is 2.35. The molecule has 2 aromatic carbocycles. The molecule has 0 bridgehead atoms. The van der Waals surface area contributed by atoms with E-state index in [1.165, 1.54) is 30.5 Å². The van der Waals surface area contributed by atoms with E-state index in [0.717, 1.165) is 39.7 Å². The Kier molecular flexibility index (Phi) is 6.34. The molecule has 3 heterocycles. The maximum atomic E-state index is 13.1. The second kappa shape index (κ2) is 9.74. The number of rotatable bonds is 7. The number of carbonyl (C=O) groups is 4. The van der Waals surface area contributed by atoms with Gasteiger partial charge in [0.05, 0.1) is 16.5 Å². The molecular weight excluding hydrogens is 485 g/mol. The van der Waals surface area contributed by atoms with E-state index in [1.54, 1.807) is 18.3 Å². The normalized spacial score (nSPS) is 15.5. The van der Waals surface area contributed by atoms with Crippen molar-refractivity contribution in [3.63, 3.8) is 0 Å². The van der Waals surface area contributed by atoms with Crippen molar-refractivity contribution in [1.29, 1.82) is 0 Å². The first-order valence-corrected chi connectivity index (χ1v) is 11.8. The second-order valence-corrected chi connectivity index (χ2v) is 9.18. The van der Waals surface area contributed by atoms with Crippen LogP contribution in [-0.4, -0.2) is 45.4 Å². The number of Topliss-reactive ketones (excluding diaryl/α,β-unsaturated/α-hetero) is 1. The number of aromatic amines is 1. The Morgan fingerprint density at radius 3 is 2.72 bits per heavy atom. The minimum absolute atomic E-state index is 0.0552. The van der Waals surface area contributed by atoms with Crippen LogP contribution in [0.5, 0.6) is 0 Å². The standard InChI is InChI=1S/C26H18FN3O5S/c27-17-6-3-16(4-7-17)21(31)14-35-26(34)19-2-1-10-29-24(19)36-22-13-23(32)30(25(22)33)18-8-5-15-9-11-28-20(15)12-18/h1-12,22,28H,13-14H2. The Morgan fingerprint density at radius 1 is 1.11 bits per heavy atom. The van der Waals surface area contributed by atoms with Crippen LogP contribution in [0.2, 0.25) is 0 Å². The van der Waals surface area contributed by atoms with Gasteiger partial charge < -0.3 is 9.72 Å². The lowest BCUT2D eigenvalue weighted by Gasteiger charge is -2.15. The van der Waals surface area contributed by atoms with E-state index in [4.69, 9.17) is 4.74 Å². The molecular formula is C26H18FN3O5S. The molecule has 1 unspecified atom stereocenters. The number of nitrogens with one attached hydrogen (secondary N) is 1. The van der Waals surface area contributed by atoms with Crippen molar-refractivity contribution in [2.45, 2.75) is 16.7 Å². The number of benzene rings is 2. The van der Waals surface area contributed by atoms with Crippen molar-refractivity contribution in [3.8, 4) is 0 Å². The number of fused-ring (bicyclic) bond motifs is 1. The van der Waals surface area contributed by atoms with Gasteiger partial charge in [-0.3, -0.25) is 14.4 Å². The Hall–Kier alpha value is -4.31. The molecule has 1 atom stereocenters. The monoisotopic (exact) mass is 503 g/mol. The lowest BCUT2D eigenvalue weighted by molar-refractivity contribution is -0.121. The number of thioether (sulfide) groups is 1. The zero-order valence-corrected chi connectivity index (χ0v) is 19.5. The van der Waals surface area contributed by atoms with Crippen molar-refractivity contribution < 1.29 is 28.3 Å². The third-order valence-corrected chi connectivity index (χ3v) is 6.85. The minimum atomic E-state index is -0.799. The largest absolute Gasteiger partial charge is 0.454 e. The average Bonchev–Trinajstić information content (AvgIpc) is 3.46. The lowest BCUT2D eigenvalue weighted by atomic mass is 10.1. The van der Waals surface area contributed by atoms with Crippen LogP contribution in [-0.2, 0) is 14.3 Å². The summed E-state index contributed by atoms with van der Waals surface area (Å²) >= 11 is 0.996. The molecule has 5 rings (SSSR count). The predicted octanol–water partition coefficient (Wildman–Crippen LogP) is 4.17. The summed E-state index contributed by atoms with van der Waals surface area (Å²) in [5, 5.41) is 0.391. The van der Waals surface area contributed by atoms with Crippen LogP contribution >= 0.6 is 11.8 Å². The lowest BCUT2D eigenvalue weighted by Crippen LogP contribution is -2.31. The summed E-state index contributed by atoms with van der Waals surface area (Å²) in [5.74, 6) is -2.54. The topological polar surface area (TPSA) is 109 Å². The van der Waals surface area contributed by atoms with Gasteiger partial charge in [0.2, 0.25) is 11.8 Å². The SMILES string of the molecule is O=C(COC(=O)c1cccnc1SC1CC(=O)N(c2ccc3cc[nH]c3c2)C1=O)c1ccc(F)cc1. The number of H-pyrrole nitrogens is 1. The van der Waals surface area contributed by atoms with Crippen LogP contribution in [0.4, 0.5) is 10.1 Å². The summed E-state index contributed by atoms with van der Waals surface area (Å²) in [7, 11) is 0. The number of ether oxygens (including phenoxy) is 1. The highest BCUT2D eigenvalue weighted by Gasteiger charge is 2.41. The van der Waals surface area contributed by atoms with E-state index in [0.29, 0.717) is 5.69 Å². The molecule has 1 aliphatic heterocycles. The van der Waals surface area contributed by atoms with Crippen LogP contribution in [0.1, 0.15) is 27.1 Å². The Morgan fingerprint density at radius 2 is 1.92 bits per heavy atom. The zero-order valence-electron chi connectivity index (χ0n) is 18.6. The Bertz CT molecular complexity index is 1500. The molecule has 10 heteroatoms. The van der Waals surface area contributed by atoms with E-state index in [9.17, 15) is 23.6 Å². The first-order valence-electron chi connectivity index (χ1n) is 10.9. The molecule has 1 saturated heterocycles. The van der Waals surface area contributed by atoms with Crippen molar-refractivity contribution in [2.24, 2.45) is 0 Å². The number of imide groups is 1. The molecule has 8 nitrogen and oxygen atoms in total. The molecule has 36 heavy (non-hydrogen) atoms. The number of halogens is 1. The summed E-state index contributed by atoms with van der Waals surface area (Å²) < 4.78 is 18.2. The quantitative estimate of drug-likeness (QED) is 0.229. The van der Waals surface area contributed by atoms with Gasteiger partial charge in [0.1, 0.15) is 10.8 Å². The third kappa shape index (κ3) is 4.63. The smallest absolute Gasteiger partial charge is 0.341 e. The number of carbonyl (C=O) groups excluding carboxylic acids is 4. The second-order valence-electron chi connectivity index (χ2n) is 7.99. The van der Waals surface area contributed by atoms with Crippen LogP contribution in [0.15, 0.2) is 78.1 Å². The van der Waals surface area contributed by atoms with Gasteiger partial charge in [-0.1, -0.05) is 17.8 Å². The first kappa shape index (κ1) is 23.4. The van der Waals surface area contributed by atoms with Gasteiger partial charge in [-0.25, -0.2) is 19.1 Å². The minimum Gasteiger partial charge on any atom is -0.454 e. The van der Waals surface area contributed by atoms with Crippen LogP contribution in [0.25, 0.3) is 10.9 Å². The van der Waals surface area contributed by atoms with E-state index < -0.39 is 35.3 Å². The molecule has 1 fully saturated rings. The number of aromatic nitrogens is 2. The number of anilines is 1. The number of pyridine rings is 1. The van der Waals surface area contributed by atoms with Crippen molar-refractivity contribution >= 4 is 51.9 Å². The highest BCUT2D eigenvalue weighted by molar-refractivity contribution is 8.00. The number of hydrogen-bond acceptors (Lipinski definition) is 7. The number of amides is 2. The van der Waals surface area contributed by atoms with Crippen LogP contribution in [0.3, 0.4) is 0 Å². The molecule has 0 saturated carbocycles. The fourth-order valence-corrected chi connectivity index (χ4v) is 4.95. The number of nitrogens with zero attached hydrogens (tertiary/aromatic N) is 2. The van der Waals surface area contributed by atoms with Crippen molar-refractivity contribution in [1.82, 2.24) is 9.97 Å². The van der Waals surface area contributed by atoms with Gasteiger partial charge in [0, 0.05) is 29.9 Å². The van der Waals surface area contributed by atoms with Gasteiger partial charge in [0.15, 0.2) is 12.4 Å².